The highest BCUT2D eigenvalue weighted by atomic mass is 16.6. The van der Waals surface area contributed by atoms with Crippen LogP contribution in [0.4, 0.5) is 9.59 Å². The summed E-state index contributed by atoms with van der Waals surface area (Å²) in [6.45, 7) is 8.29. The van der Waals surface area contributed by atoms with Gasteiger partial charge in [-0.25, -0.2) is 19.2 Å². The Kier molecular flexibility index (Phi) is 10.1. The summed E-state index contributed by atoms with van der Waals surface area (Å²) in [4.78, 5) is 48.5. The Balaban J connectivity index is 1.68. The Labute approximate surface area is 247 Å². The van der Waals surface area contributed by atoms with E-state index in [4.69, 9.17) is 18.9 Å². The molecule has 4 rings (SSSR count). The monoisotopic (exact) mass is 582 g/mol. The summed E-state index contributed by atoms with van der Waals surface area (Å²) in [7, 11) is 0. The first-order valence-corrected chi connectivity index (χ1v) is 13.4. The standard InChI is InChI=1S/C33H30N2O8/c1-4-28(36)40-19-17-34-32(38)42-26-15-13-22-9-5-7-11-24(22)29(26)30-25-12-8-6-10-23(25)14-16-27(30)43-33(39)35-18-20-41-31(37)21(2)3/h4-16H,1-2,17-20H2,3H3,(H,34,38)(H,35,39). The summed E-state index contributed by atoms with van der Waals surface area (Å²) < 4.78 is 21.4. The molecule has 0 aliphatic heterocycles. The number of benzene rings is 4. The zero-order chi connectivity index (χ0) is 30.8. The van der Waals surface area contributed by atoms with Crippen LogP contribution in [0.3, 0.4) is 0 Å². The molecule has 0 spiro atoms. The van der Waals surface area contributed by atoms with Crippen molar-refractivity contribution in [2.75, 3.05) is 26.3 Å². The Morgan fingerprint density at radius 1 is 0.698 bits per heavy atom. The van der Waals surface area contributed by atoms with Crippen LogP contribution in [0, 0.1) is 0 Å². The van der Waals surface area contributed by atoms with E-state index in [-0.39, 0.29) is 43.4 Å². The van der Waals surface area contributed by atoms with Crippen molar-refractivity contribution in [3.63, 3.8) is 0 Å². The predicted octanol–water partition coefficient (Wildman–Crippen LogP) is 5.69. The van der Waals surface area contributed by atoms with Crippen LogP contribution in [0.15, 0.2) is 97.6 Å². The van der Waals surface area contributed by atoms with Gasteiger partial charge in [-0.05, 0) is 40.6 Å². The first-order chi connectivity index (χ1) is 20.8. The molecular formula is C33H30N2O8. The van der Waals surface area contributed by atoms with Crippen molar-refractivity contribution in [1.29, 1.82) is 0 Å². The minimum atomic E-state index is -0.768. The van der Waals surface area contributed by atoms with Crippen LogP contribution in [-0.2, 0) is 19.1 Å². The fourth-order valence-corrected chi connectivity index (χ4v) is 4.24. The minimum absolute atomic E-state index is 0.0195. The number of nitrogens with one attached hydrogen (secondary N) is 2. The molecule has 4 aromatic rings. The molecule has 2 amide bonds. The molecule has 0 saturated carbocycles. The molecule has 0 saturated heterocycles. The van der Waals surface area contributed by atoms with E-state index in [0.717, 1.165) is 27.6 Å². The van der Waals surface area contributed by atoms with Crippen molar-refractivity contribution in [1.82, 2.24) is 10.6 Å². The number of carbonyl (C=O) groups is 4. The molecule has 43 heavy (non-hydrogen) atoms. The van der Waals surface area contributed by atoms with E-state index in [9.17, 15) is 19.2 Å². The Hall–Kier alpha value is -5.64. The zero-order valence-electron chi connectivity index (χ0n) is 23.5. The summed E-state index contributed by atoms with van der Waals surface area (Å²) in [6.07, 6.45) is -0.504. The van der Waals surface area contributed by atoms with Gasteiger partial charge in [0.1, 0.15) is 24.7 Å². The van der Waals surface area contributed by atoms with Gasteiger partial charge in [-0.3, -0.25) is 0 Å². The Morgan fingerprint density at radius 2 is 1.16 bits per heavy atom. The topological polar surface area (TPSA) is 129 Å². The molecule has 220 valence electrons. The fraction of sp³-hybridized carbons (Fsp3) is 0.152. The van der Waals surface area contributed by atoms with Gasteiger partial charge in [0.2, 0.25) is 0 Å². The number of ether oxygens (including phenoxy) is 4. The molecule has 0 heterocycles. The maximum absolute atomic E-state index is 12.8. The summed E-state index contributed by atoms with van der Waals surface area (Å²) in [6, 6.07) is 22.0. The highest BCUT2D eigenvalue weighted by Crippen LogP contribution is 2.45. The highest BCUT2D eigenvalue weighted by molar-refractivity contribution is 6.10. The van der Waals surface area contributed by atoms with E-state index in [1.165, 1.54) is 6.92 Å². The molecule has 0 aromatic heterocycles. The lowest BCUT2D eigenvalue weighted by atomic mass is 9.92. The van der Waals surface area contributed by atoms with Crippen molar-refractivity contribution < 1.29 is 38.1 Å². The molecular weight excluding hydrogens is 552 g/mol. The Bertz CT molecular complexity index is 1710. The lowest BCUT2D eigenvalue weighted by molar-refractivity contribution is -0.139. The summed E-state index contributed by atoms with van der Waals surface area (Å²) in [5.74, 6) is -0.731. The van der Waals surface area contributed by atoms with Crippen molar-refractivity contribution in [2.24, 2.45) is 0 Å². The normalized spacial score (nSPS) is 10.4. The van der Waals surface area contributed by atoms with Crippen molar-refractivity contribution in [3.05, 3.63) is 97.6 Å². The van der Waals surface area contributed by atoms with Gasteiger partial charge in [0.15, 0.2) is 0 Å². The highest BCUT2D eigenvalue weighted by Gasteiger charge is 2.22. The number of hydrogen-bond donors (Lipinski definition) is 2. The maximum Gasteiger partial charge on any atom is 0.412 e. The second-order valence-electron chi connectivity index (χ2n) is 9.24. The number of carbonyl (C=O) groups excluding carboxylic acids is 4. The molecule has 0 fully saturated rings. The van der Waals surface area contributed by atoms with Gasteiger partial charge < -0.3 is 29.6 Å². The van der Waals surface area contributed by atoms with E-state index in [2.05, 4.69) is 23.8 Å². The van der Waals surface area contributed by atoms with Gasteiger partial charge >= 0.3 is 24.1 Å². The van der Waals surface area contributed by atoms with Gasteiger partial charge in [0, 0.05) is 22.8 Å². The number of fused-ring (bicyclic) bond motifs is 2. The predicted molar refractivity (Wildman–Crippen MR) is 162 cm³/mol. The first kappa shape index (κ1) is 30.3. The van der Waals surface area contributed by atoms with E-state index in [1.807, 2.05) is 60.7 Å². The van der Waals surface area contributed by atoms with Gasteiger partial charge in [0.05, 0.1) is 13.1 Å². The van der Waals surface area contributed by atoms with Crippen LogP contribution in [0.1, 0.15) is 6.92 Å². The number of rotatable bonds is 11. The van der Waals surface area contributed by atoms with Crippen LogP contribution in [0.25, 0.3) is 32.7 Å². The second kappa shape index (κ2) is 14.3. The second-order valence-corrected chi connectivity index (χ2v) is 9.24. The molecule has 0 aliphatic carbocycles. The van der Waals surface area contributed by atoms with E-state index in [1.54, 1.807) is 12.1 Å². The summed E-state index contributed by atoms with van der Waals surface area (Å²) >= 11 is 0. The van der Waals surface area contributed by atoms with Gasteiger partial charge in [-0.1, -0.05) is 73.8 Å². The van der Waals surface area contributed by atoms with Crippen LogP contribution >= 0.6 is 0 Å². The minimum Gasteiger partial charge on any atom is -0.461 e. The zero-order valence-corrected chi connectivity index (χ0v) is 23.5. The van der Waals surface area contributed by atoms with Crippen LogP contribution < -0.4 is 20.1 Å². The molecule has 0 atom stereocenters. The van der Waals surface area contributed by atoms with E-state index < -0.39 is 24.1 Å². The average Bonchev–Trinajstić information content (AvgIpc) is 3.01. The lowest BCUT2D eigenvalue weighted by Gasteiger charge is -2.19. The average molecular weight is 583 g/mol. The van der Waals surface area contributed by atoms with Crippen molar-refractivity contribution in [3.8, 4) is 22.6 Å². The van der Waals surface area contributed by atoms with Gasteiger partial charge in [-0.2, -0.15) is 0 Å². The molecule has 10 nitrogen and oxygen atoms in total. The molecule has 2 N–H and O–H groups in total. The third-order valence-corrected chi connectivity index (χ3v) is 6.17. The Morgan fingerprint density at radius 3 is 1.63 bits per heavy atom. The van der Waals surface area contributed by atoms with Gasteiger partial charge in [0.25, 0.3) is 0 Å². The van der Waals surface area contributed by atoms with Crippen LogP contribution in [-0.4, -0.2) is 50.4 Å². The third kappa shape index (κ3) is 7.76. The van der Waals surface area contributed by atoms with Gasteiger partial charge in [-0.15, -0.1) is 0 Å². The fourth-order valence-electron chi connectivity index (χ4n) is 4.24. The first-order valence-electron chi connectivity index (χ1n) is 13.4. The summed E-state index contributed by atoms with van der Waals surface area (Å²) in [5.41, 5.74) is 1.31. The number of esters is 2. The molecule has 0 aliphatic rings. The number of amides is 2. The maximum atomic E-state index is 12.8. The largest absolute Gasteiger partial charge is 0.461 e. The number of hydrogen-bond acceptors (Lipinski definition) is 8. The third-order valence-electron chi connectivity index (χ3n) is 6.17. The smallest absolute Gasteiger partial charge is 0.412 e. The molecule has 10 heteroatoms. The van der Waals surface area contributed by atoms with E-state index in [0.29, 0.717) is 11.1 Å². The lowest BCUT2D eigenvalue weighted by Crippen LogP contribution is -2.31. The van der Waals surface area contributed by atoms with Crippen LogP contribution in [0.2, 0.25) is 0 Å². The summed E-state index contributed by atoms with van der Waals surface area (Å²) in [5, 5.41) is 8.36. The van der Waals surface area contributed by atoms with Crippen molar-refractivity contribution >= 4 is 45.7 Å². The van der Waals surface area contributed by atoms with E-state index >= 15 is 0 Å². The molecule has 0 unspecified atom stereocenters. The SMILES string of the molecule is C=CC(=O)OCCNC(=O)Oc1ccc2ccccc2c1-c1c(OC(=O)NCCOC(=O)C(=C)C)ccc2ccccc12. The van der Waals surface area contributed by atoms with Crippen LogP contribution in [0.5, 0.6) is 11.5 Å². The quantitative estimate of drug-likeness (QED) is 0.131. The molecule has 0 radical (unpaired) electrons. The molecule has 4 aromatic carbocycles. The van der Waals surface area contributed by atoms with Crippen molar-refractivity contribution in [2.45, 2.75) is 6.92 Å². The molecule has 0 bridgehead atoms.